The molecule has 1 aromatic heterocycles. The lowest BCUT2D eigenvalue weighted by molar-refractivity contribution is -0.122. The summed E-state index contributed by atoms with van der Waals surface area (Å²) in [5.41, 5.74) is 1.63. The lowest BCUT2D eigenvalue weighted by atomic mass is 9.77. The largest absolute Gasteiger partial charge is 0.483 e. The number of hydrogen-bond donors (Lipinski definition) is 1. The lowest BCUT2D eigenvalue weighted by Crippen LogP contribution is -2.47. The van der Waals surface area contributed by atoms with Gasteiger partial charge in [-0.15, -0.1) is 0 Å². The number of aryl methyl sites for hydroxylation is 1. The number of nitrogens with zero attached hydrogens (tertiary/aromatic N) is 3. The van der Waals surface area contributed by atoms with Gasteiger partial charge in [0, 0.05) is 38.1 Å². The van der Waals surface area contributed by atoms with Crippen molar-refractivity contribution in [3.8, 4) is 0 Å². The van der Waals surface area contributed by atoms with E-state index in [1.165, 1.54) is 0 Å². The fourth-order valence-electron chi connectivity index (χ4n) is 4.13. The minimum atomic E-state index is -0.250. The smallest absolute Gasteiger partial charge is 0.290 e. The van der Waals surface area contributed by atoms with E-state index in [1.807, 2.05) is 24.0 Å². The van der Waals surface area contributed by atoms with Crippen LogP contribution in [-0.2, 0) is 9.53 Å². The van der Waals surface area contributed by atoms with Gasteiger partial charge in [0.05, 0.1) is 11.7 Å². The summed E-state index contributed by atoms with van der Waals surface area (Å²) in [6.45, 7) is 3.39. The second-order valence-corrected chi connectivity index (χ2v) is 7.30. The molecular weight excluding hydrogens is 334 g/mol. The Bertz CT molecular complexity index is 605. The Morgan fingerprint density at radius 2 is 1.92 bits per heavy atom. The second kappa shape index (κ2) is 9.09. The molecule has 1 saturated heterocycles. The quantitative estimate of drug-likeness (QED) is 0.820. The molecule has 1 N–H and O–H groups in total. The Labute approximate surface area is 155 Å². The van der Waals surface area contributed by atoms with Gasteiger partial charge >= 0.3 is 0 Å². The molecular formula is C19H29N3O4. The Kier molecular flexibility index (Phi) is 7.11. The monoisotopic (exact) mass is 363 g/mol. The fraction of sp³-hybridized carbons (Fsp3) is 0.632. The molecule has 1 aliphatic heterocycles. The van der Waals surface area contributed by atoms with Crippen LogP contribution in [0.2, 0.25) is 0 Å². The Balaban J connectivity index is 0.000000758. The molecule has 2 heterocycles. The van der Waals surface area contributed by atoms with Gasteiger partial charge in [0.25, 0.3) is 12.4 Å². The summed E-state index contributed by atoms with van der Waals surface area (Å²) in [5.74, 6) is 1.25. The molecule has 0 unspecified atom stereocenters. The zero-order valence-electron chi connectivity index (χ0n) is 16.0. The van der Waals surface area contributed by atoms with Crippen molar-refractivity contribution in [2.75, 3.05) is 34.3 Å². The number of amides is 1. The van der Waals surface area contributed by atoms with E-state index in [-0.39, 0.29) is 18.5 Å². The number of hydrogen-bond acceptors (Lipinski definition) is 5. The van der Waals surface area contributed by atoms with Crippen LogP contribution in [0.3, 0.4) is 0 Å². The average molecular weight is 363 g/mol. The highest BCUT2D eigenvalue weighted by Gasteiger charge is 2.44. The predicted octanol–water partition coefficient (Wildman–Crippen LogP) is 1.52. The molecule has 0 aromatic carbocycles. The first kappa shape index (κ1) is 20.3. The van der Waals surface area contributed by atoms with Crippen LogP contribution in [0.5, 0.6) is 0 Å². The topological polar surface area (TPSA) is 83.0 Å². The van der Waals surface area contributed by atoms with Crippen molar-refractivity contribution in [1.82, 2.24) is 14.8 Å². The molecule has 1 saturated carbocycles. The summed E-state index contributed by atoms with van der Waals surface area (Å²) in [6, 6.07) is 4.23. The van der Waals surface area contributed by atoms with Crippen LogP contribution in [-0.4, -0.2) is 78.7 Å². The van der Waals surface area contributed by atoms with Gasteiger partial charge in [0.1, 0.15) is 0 Å². The lowest BCUT2D eigenvalue weighted by Gasteiger charge is -2.40. The van der Waals surface area contributed by atoms with Gasteiger partial charge in [-0.05, 0) is 57.8 Å². The second-order valence-electron chi connectivity index (χ2n) is 7.30. The van der Waals surface area contributed by atoms with E-state index in [2.05, 4.69) is 24.0 Å². The van der Waals surface area contributed by atoms with Crippen LogP contribution < -0.4 is 0 Å². The number of pyridine rings is 1. The first-order valence-electron chi connectivity index (χ1n) is 8.90. The molecule has 26 heavy (non-hydrogen) atoms. The van der Waals surface area contributed by atoms with Crippen molar-refractivity contribution >= 4 is 12.4 Å². The molecule has 0 spiro atoms. The van der Waals surface area contributed by atoms with Gasteiger partial charge < -0.3 is 19.6 Å². The number of rotatable bonds is 3. The van der Waals surface area contributed by atoms with Gasteiger partial charge in [-0.3, -0.25) is 14.6 Å². The van der Waals surface area contributed by atoms with Crippen molar-refractivity contribution in [3.63, 3.8) is 0 Å². The summed E-state index contributed by atoms with van der Waals surface area (Å²) in [4.78, 5) is 29.6. The van der Waals surface area contributed by atoms with Crippen molar-refractivity contribution in [2.45, 2.75) is 31.9 Å². The maximum atomic E-state index is 12.7. The number of likely N-dealkylation sites (N-methyl/N-ethyl adjacent to an activating group) is 1. The highest BCUT2D eigenvalue weighted by atomic mass is 16.5. The van der Waals surface area contributed by atoms with Gasteiger partial charge in [0.15, 0.2) is 0 Å². The molecule has 2 aliphatic rings. The summed E-state index contributed by atoms with van der Waals surface area (Å²) in [5, 5.41) is 6.89. The van der Waals surface area contributed by atoms with Gasteiger partial charge in [0.2, 0.25) is 0 Å². The van der Waals surface area contributed by atoms with E-state index in [1.54, 1.807) is 13.3 Å². The number of carboxylic acid groups (broad SMARTS) is 1. The van der Waals surface area contributed by atoms with Crippen LogP contribution in [0, 0.1) is 18.8 Å². The Morgan fingerprint density at radius 1 is 1.31 bits per heavy atom. The number of likely N-dealkylation sites (tertiary alicyclic amines) is 1. The highest BCUT2D eigenvalue weighted by Crippen LogP contribution is 2.39. The first-order valence-corrected chi connectivity index (χ1v) is 8.90. The standard InChI is InChI=1S/C18H27N3O2.CH2O2/c1-12-5-6-13(9-19-12)18(22)21-10-14-7-16(20(2)3)17(23-4)8-15(14)11-21;2-1-3/h5-6,9,14-17H,7-8,10-11H2,1-4H3;1H,(H,2,3)/t14-,15+,16-,17-;/m1./s1. The van der Waals surface area contributed by atoms with Gasteiger partial charge in [-0.25, -0.2) is 0 Å². The molecule has 1 aliphatic carbocycles. The third-order valence-electron chi connectivity index (χ3n) is 5.50. The molecule has 3 rings (SSSR count). The maximum absolute atomic E-state index is 12.7. The molecule has 1 aromatic rings. The van der Waals surface area contributed by atoms with E-state index < -0.39 is 0 Å². The zero-order valence-corrected chi connectivity index (χ0v) is 16.0. The van der Waals surface area contributed by atoms with Crippen molar-refractivity contribution in [3.05, 3.63) is 29.6 Å². The molecule has 7 nitrogen and oxygen atoms in total. The molecule has 0 radical (unpaired) electrons. The summed E-state index contributed by atoms with van der Waals surface area (Å²) >= 11 is 0. The van der Waals surface area contributed by atoms with Crippen molar-refractivity contribution in [2.24, 2.45) is 11.8 Å². The number of ether oxygens (including phenoxy) is 1. The van der Waals surface area contributed by atoms with Crippen LogP contribution in [0.4, 0.5) is 0 Å². The van der Waals surface area contributed by atoms with Crippen LogP contribution >= 0.6 is 0 Å². The fourth-order valence-corrected chi connectivity index (χ4v) is 4.13. The van der Waals surface area contributed by atoms with E-state index in [0.717, 1.165) is 31.6 Å². The summed E-state index contributed by atoms with van der Waals surface area (Å²) < 4.78 is 5.71. The minimum Gasteiger partial charge on any atom is -0.483 e. The molecule has 0 bridgehead atoms. The Hall–Kier alpha value is -1.99. The molecule has 7 heteroatoms. The SMILES string of the molecule is CO[C@@H]1C[C@H]2CN(C(=O)c3ccc(C)nc3)C[C@H]2C[C@H]1N(C)C.O=CO. The van der Waals surface area contributed by atoms with E-state index >= 15 is 0 Å². The van der Waals surface area contributed by atoms with Gasteiger partial charge in [-0.2, -0.15) is 0 Å². The molecule has 1 amide bonds. The van der Waals surface area contributed by atoms with Crippen molar-refractivity contribution in [1.29, 1.82) is 0 Å². The highest BCUT2D eigenvalue weighted by molar-refractivity contribution is 5.94. The first-order chi connectivity index (χ1) is 12.4. The minimum absolute atomic E-state index is 0.113. The normalized spacial score (nSPS) is 27.5. The average Bonchev–Trinajstić information content (AvgIpc) is 3.04. The van der Waals surface area contributed by atoms with E-state index in [9.17, 15) is 4.79 Å². The molecule has 144 valence electrons. The number of fused-ring (bicyclic) bond motifs is 1. The number of aromatic nitrogens is 1. The third kappa shape index (κ3) is 4.59. The molecule has 2 fully saturated rings. The Morgan fingerprint density at radius 3 is 2.42 bits per heavy atom. The number of carbonyl (C=O) groups is 2. The van der Waals surface area contributed by atoms with Crippen molar-refractivity contribution < 1.29 is 19.4 Å². The van der Waals surface area contributed by atoms with Crippen LogP contribution in [0.25, 0.3) is 0 Å². The number of carbonyl (C=O) groups excluding carboxylic acids is 1. The van der Waals surface area contributed by atoms with Crippen LogP contribution in [0.1, 0.15) is 28.9 Å². The number of methoxy groups -OCH3 is 1. The van der Waals surface area contributed by atoms with Gasteiger partial charge in [-0.1, -0.05) is 0 Å². The van der Waals surface area contributed by atoms with E-state index in [0.29, 0.717) is 23.4 Å². The predicted molar refractivity (Wildman–Crippen MR) is 98.1 cm³/mol. The third-order valence-corrected chi connectivity index (χ3v) is 5.50. The summed E-state index contributed by atoms with van der Waals surface area (Å²) in [6.07, 6.45) is 4.11. The van der Waals surface area contributed by atoms with E-state index in [4.69, 9.17) is 14.6 Å². The zero-order chi connectivity index (χ0) is 19.3. The maximum Gasteiger partial charge on any atom is 0.290 e. The summed E-state index contributed by atoms with van der Waals surface area (Å²) in [7, 11) is 6.04. The van der Waals surface area contributed by atoms with Crippen LogP contribution in [0.15, 0.2) is 18.3 Å². The molecule has 4 atom stereocenters.